The molecule has 0 saturated carbocycles. The normalized spacial score (nSPS) is 11.0. The van der Waals surface area contributed by atoms with Gasteiger partial charge in [-0.2, -0.15) is 6.08 Å². The second kappa shape index (κ2) is 15.0. The Bertz CT molecular complexity index is 1340. The summed E-state index contributed by atoms with van der Waals surface area (Å²) < 4.78 is 1.51. The Morgan fingerprint density at radius 2 is 1.11 bits per heavy atom. The van der Waals surface area contributed by atoms with Crippen LogP contribution in [-0.4, -0.2) is 3.21 Å². The Morgan fingerprint density at radius 1 is 0.667 bits per heavy atom. The van der Waals surface area contributed by atoms with Crippen molar-refractivity contribution in [2.75, 3.05) is 0 Å². The van der Waals surface area contributed by atoms with Crippen LogP contribution in [0.5, 0.6) is 0 Å². The van der Waals surface area contributed by atoms with E-state index in [0.29, 0.717) is 0 Å². The van der Waals surface area contributed by atoms with Crippen molar-refractivity contribution in [3.63, 3.8) is 0 Å². The molecule has 0 unspecified atom stereocenters. The summed E-state index contributed by atoms with van der Waals surface area (Å²) in [5.41, 5.74) is 5.06. The smallest absolute Gasteiger partial charge is 0.0197 e. The predicted molar refractivity (Wildman–Crippen MR) is 146 cm³/mol. The van der Waals surface area contributed by atoms with Crippen LogP contribution in [0.15, 0.2) is 121 Å². The third-order valence-corrected chi connectivity index (χ3v) is 5.51. The zero-order chi connectivity index (χ0) is 23.8. The van der Waals surface area contributed by atoms with E-state index in [2.05, 4.69) is 129 Å². The van der Waals surface area contributed by atoms with Gasteiger partial charge in [-0.15, -0.1) is 46.2 Å². The first kappa shape index (κ1) is 29.8. The van der Waals surface area contributed by atoms with Crippen molar-refractivity contribution in [1.29, 1.82) is 0 Å². The summed E-state index contributed by atoms with van der Waals surface area (Å²) in [6.45, 7) is 4.25. The third kappa shape index (κ3) is 8.04. The van der Waals surface area contributed by atoms with Gasteiger partial charge in [0.2, 0.25) is 0 Å². The minimum atomic E-state index is 0. The third-order valence-electron chi connectivity index (χ3n) is 5.51. The molecule has 0 amide bonds. The van der Waals surface area contributed by atoms with Crippen LogP contribution in [-0.2, 0) is 24.2 Å². The van der Waals surface area contributed by atoms with Gasteiger partial charge in [-0.05, 0) is 22.3 Å². The number of benzene rings is 4. The van der Waals surface area contributed by atoms with Gasteiger partial charge in [0.25, 0.3) is 0 Å². The van der Waals surface area contributed by atoms with Crippen LogP contribution in [0.3, 0.4) is 0 Å². The average Bonchev–Trinajstić information content (AvgIpc) is 3.56. The van der Waals surface area contributed by atoms with Gasteiger partial charge in [0, 0.05) is 0 Å². The summed E-state index contributed by atoms with van der Waals surface area (Å²) >= 11 is 1.55. The van der Waals surface area contributed by atoms with Crippen LogP contribution in [0.4, 0.5) is 0 Å². The zero-order valence-electron chi connectivity index (χ0n) is 20.5. The number of hydrogen-bond acceptors (Lipinski definition) is 0. The maximum atomic E-state index is 2.99. The fourth-order valence-corrected chi connectivity index (χ4v) is 3.96. The van der Waals surface area contributed by atoms with Gasteiger partial charge in [0.05, 0.1) is 0 Å². The first-order valence-corrected chi connectivity index (χ1v) is 12.8. The van der Waals surface area contributed by atoms with Gasteiger partial charge in [-0.25, -0.2) is 12.2 Å². The molecular weight excluding hydrogens is 558 g/mol. The van der Waals surface area contributed by atoms with Crippen LogP contribution in [0.1, 0.15) is 20.3 Å². The van der Waals surface area contributed by atoms with E-state index in [9.17, 15) is 0 Å². The summed E-state index contributed by atoms with van der Waals surface area (Å²) in [5, 5.41) is 5.27. The van der Waals surface area contributed by atoms with E-state index in [1.807, 2.05) is 12.2 Å². The largest absolute Gasteiger partial charge is 1.00 e. The Labute approximate surface area is 242 Å². The van der Waals surface area contributed by atoms with Crippen LogP contribution in [0.25, 0.3) is 43.8 Å². The monoisotopic (exact) mass is 584 g/mol. The minimum absolute atomic E-state index is 0. The summed E-state index contributed by atoms with van der Waals surface area (Å²) in [6, 6.07) is 37.0. The number of hydrogen-bond donors (Lipinski definition) is 0. The number of halogens is 2. The Balaban J connectivity index is 0.000000357. The van der Waals surface area contributed by atoms with Gasteiger partial charge >= 0.3 is 41.3 Å². The van der Waals surface area contributed by atoms with E-state index >= 15 is 0 Å². The van der Waals surface area contributed by atoms with Crippen molar-refractivity contribution in [2.24, 2.45) is 0 Å². The Kier molecular flexibility index (Phi) is 12.4. The van der Waals surface area contributed by atoms with E-state index in [1.54, 1.807) is 24.2 Å². The maximum Gasteiger partial charge on any atom is -0.0197 e. The van der Waals surface area contributed by atoms with Crippen LogP contribution < -0.4 is 24.8 Å². The second-order valence-electron chi connectivity index (χ2n) is 8.48. The molecule has 6 rings (SSSR count). The molecule has 3 heteroatoms. The molecule has 1 aliphatic carbocycles. The van der Waals surface area contributed by atoms with E-state index in [4.69, 9.17) is 0 Å². The van der Waals surface area contributed by atoms with E-state index in [1.165, 1.54) is 47.0 Å². The molecule has 0 aromatic heterocycles. The Hall–Kier alpha value is -2.44. The second-order valence-corrected chi connectivity index (χ2v) is 10.9. The maximum absolute atomic E-state index is 2.99. The average molecular weight is 587 g/mol. The van der Waals surface area contributed by atoms with Crippen molar-refractivity contribution in [1.82, 2.24) is 0 Å². The van der Waals surface area contributed by atoms with Gasteiger partial charge in [-0.1, -0.05) is 84.9 Å². The summed E-state index contributed by atoms with van der Waals surface area (Å²) in [4.78, 5) is 0. The fraction of sp³-hybridized carbons (Fsp3) is 0.0909. The standard InChI is InChI=1S/C25H17.C5H5.C3H6.2ClH.Zr/c1-3-7-18(8-4-1)20-11-13-22-15-23-14-12-21(17-25(23)24(22)16-20)19-9-5-2-6-10-19;1-2-4-5-3-1;1-3-2;;;/h1-17H;1-3H,4H2;1-2H3;2*1H;/q2*-1;;;;+2/p-2. The SMILES string of the molecule is C[C](C)=[Zr+2].[C-]1=CC=CC1.[Cl-].[Cl-].c1ccc(-c2ccc3[cH-]c4ccc(-c5ccccc5)cc4c3c2)cc1. The van der Waals surface area contributed by atoms with E-state index in [0.717, 1.165) is 6.42 Å². The molecule has 0 nitrogen and oxygen atoms in total. The zero-order valence-corrected chi connectivity index (χ0v) is 24.5. The molecule has 5 aromatic carbocycles. The number of rotatable bonds is 2. The first-order chi connectivity index (χ1) is 16.6. The summed E-state index contributed by atoms with van der Waals surface area (Å²) in [5.74, 6) is 0. The van der Waals surface area contributed by atoms with Gasteiger partial charge in [0.1, 0.15) is 0 Å². The van der Waals surface area contributed by atoms with Crippen molar-refractivity contribution in [3.8, 4) is 22.3 Å². The van der Waals surface area contributed by atoms with Crippen molar-refractivity contribution in [2.45, 2.75) is 20.3 Å². The van der Waals surface area contributed by atoms with Crippen molar-refractivity contribution >= 4 is 24.8 Å². The molecule has 0 saturated heterocycles. The fourth-order valence-electron chi connectivity index (χ4n) is 3.96. The van der Waals surface area contributed by atoms with Crippen molar-refractivity contribution < 1.29 is 49.0 Å². The molecule has 0 spiro atoms. The molecule has 0 heterocycles. The summed E-state index contributed by atoms with van der Waals surface area (Å²) in [6.07, 6.45) is 10.0. The molecule has 0 bridgehead atoms. The van der Waals surface area contributed by atoms with Gasteiger partial charge in [-0.3, -0.25) is 6.08 Å². The molecule has 0 atom stereocenters. The number of fused-ring (bicyclic) bond motifs is 3. The molecular formula is C33H28Cl2Zr-2. The quantitative estimate of drug-likeness (QED) is 0.279. The first-order valence-electron chi connectivity index (χ1n) is 11.6. The number of allylic oxidation sites excluding steroid dienone is 4. The molecule has 5 aromatic rings. The molecule has 0 aliphatic heterocycles. The van der Waals surface area contributed by atoms with Crippen molar-refractivity contribution in [3.05, 3.63) is 127 Å². The Morgan fingerprint density at radius 3 is 1.44 bits per heavy atom. The van der Waals surface area contributed by atoms with Crippen LogP contribution >= 0.6 is 0 Å². The van der Waals surface area contributed by atoms with E-state index in [-0.39, 0.29) is 24.8 Å². The molecule has 36 heavy (non-hydrogen) atoms. The molecule has 180 valence electrons. The van der Waals surface area contributed by atoms with E-state index < -0.39 is 0 Å². The summed E-state index contributed by atoms with van der Waals surface area (Å²) in [7, 11) is 0. The minimum Gasteiger partial charge on any atom is -1.00 e. The molecule has 0 radical (unpaired) electrons. The predicted octanol–water partition coefficient (Wildman–Crippen LogP) is 3.10. The molecule has 0 fully saturated rings. The van der Waals surface area contributed by atoms with Gasteiger partial charge in [0.15, 0.2) is 0 Å². The van der Waals surface area contributed by atoms with Crippen LogP contribution in [0, 0.1) is 6.08 Å². The van der Waals surface area contributed by atoms with Crippen LogP contribution in [0.2, 0.25) is 0 Å². The molecule has 0 N–H and O–H groups in total. The topological polar surface area (TPSA) is 0 Å². The van der Waals surface area contributed by atoms with Gasteiger partial charge < -0.3 is 24.8 Å². The molecule has 1 aliphatic rings.